The van der Waals surface area contributed by atoms with Crippen LogP contribution in [0.3, 0.4) is 0 Å². The van der Waals surface area contributed by atoms with E-state index in [1.807, 2.05) is 30.3 Å². The zero-order chi connectivity index (χ0) is 24.6. The Morgan fingerprint density at radius 3 is 2.23 bits per heavy atom. The van der Waals surface area contributed by atoms with E-state index in [1.54, 1.807) is 30.3 Å². The number of hydrogen-bond donors (Lipinski definition) is 0. The molecule has 0 saturated heterocycles. The Bertz CT molecular complexity index is 1510. The van der Waals surface area contributed by atoms with Gasteiger partial charge in [0, 0.05) is 17.0 Å². The summed E-state index contributed by atoms with van der Waals surface area (Å²) in [6.07, 6.45) is -4.57. The van der Waals surface area contributed by atoms with Crippen molar-refractivity contribution < 1.29 is 26.7 Å². The van der Waals surface area contributed by atoms with E-state index in [4.69, 9.17) is 4.74 Å². The minimum Gasteiger partial charge on any atom is -0.457 e. The van der Waals surface area contributed by atoms with Gasteiger partial charge in [-0.3, -0.25) is 4.68 Å². The first-order valence-corrected chi connectivity index (χ1v) is 10.6. The molecule has 0 N–H and O–H groups in total. The Kier molecular flexibility index (Phi) is 5.72. The van der Waals surface area contributed by atoms with Crippen LogP contribution in [0.5, 0.6) is 11.5 Å². The lowest BCUT2D eigenvalue weighted by Crippen LogP contribution is -2.06. The third kappa shape index (κ3) is 4.59. The summed E-state index contributed by atoms with van der Waals surface area (Å²) < 4.78 is 75.3. The number of benzene rings is 4. The predicted molar refractivity (Wildman–Crippen MR) is 122 cm³/mol. The Balaban J connectivity index is 1.64. The molecule has 0 unspecified atom stereocenters. The fraction of sp³-hybridized carbons (Fsp3) is 0.0741. The van der Waals surface area contributed by atoms with Gasteiger partial charge in [0.25, 0.3) is 0 Å². The van der Waals surface area contributed by atoms with Gasteiger partial charge in [-0.15, -0.1) is 0 Å². The van der Waals surface area contributed by atoms with E-state index in [0.717, 1.165) is 23.8 Å². The van der Waals surface area contributed by atoms with Crippen LogP contribution in [0.25, 0.3) is 22.2 Å². The number of rotatable bonds is 5. The minimum atomic E-state index is -4.57. The Morgan fingerprint density at radius 2 is 1.49 bits per heavy atom. The van der Waals surface area contributed by atoms with Gasteiger partial charge in [0.05, 0.1) is 17.8 Å². The normalized spacial score (nSPS) is 11.7. The molecule has 5 rings (SSSR count). The molecule has 0 bridgehead atoms. The van der Waals surface area contributed by atoms with E-state index in [-0.39, 0.29) is 17.8 Å². The molecule has 0 aliphatic carbocycles. The second-order valence-electron chi connectivity index (χ2n) is 7.90. The molecule has 1 aromatic heterocycles. The third-order valence-electron chi connectivity index (χ3n) is 5.48. The van der Waals surface area contributed by atoms with Crippen LogP contribution >= 0.6 is 0 Å². The summed E-state index contributed by atoms with van der Waals surface area (Å²) in [5, 5.41) is 4.68. The summed E-state index contributed by atoms with van der Waals surface area (Å²) in [5.41, 5.74) is 0.924. The molecule has 0 saturated carbocycles. The van der Waals surface area contributed by atoms with Crippen molar-refractivity contribution in [3.05, 3.63) is 114 Å². The zero-order valence-corrected chi connectivity index (χ0v) is 18.1. The van der Waals surface area contributed by atoms with Gasteiger partial charge in [0.1, 0.15) is 17.0 Å². The molecule has 0 aliphatic rings. The molecule has 1 heterocycles. The standard InChI is InChI=1S/C27H17F5N2O/c28-23-13-12-20(15-24(23)29)35-19-9-4-8-18(14-19)26-21-10-5-11-22(27(30,31)32)25(21)33-34(26)16-17-6-2-1-3-7-17/h1-15H,16H2. The van der Waals surface area contributed by atoms with Gasteiger partial charge in [0.2, 0.25) is 0 Å². The van der Waals surface area contributed by atoms with E-state index < -0.39 is 23.4 Å². The molecule has 0 fully saturated rings. The number of halogens is 5. The quantitative estimate of drug-likeness (QED) is 0.240. The topological polar surface area (TPSA) is 27.1 Å². The second kappa shape index (κ2) is 8.87. The largest absolute Gasteiger partial charge is 0.457 e. The Labute approximate surface area is 197 Å². The van der Waals surface area contributed by atoms with Gasteiger partial charge in [0.15, 0.2) is 11.6 Å². The summed E-state index contributed by atoms with van der Waals surface area (Å²) in [4.78, 5) is 0. The van der Waals surface area contributed by atoms with Crippen molar-refractivity contribution in [2.75, 3.05) is 0 Å². The van der Waals surface area contributed by atoms with Gasteiger partial charge in [-0.2, -0.15) is 18.3 Å². The smallest absolute Gasteiger partial charge is 0.418 e. The van der Waals surface area contributed by atoms with Crippen LogP contribution in [0.2, 0.25) is 0 Å². The van der Waals surface area contributed by atoms with Crippen LogP contribution in [0.1, 0.15) is 11.1 Å². The molecule has 0 spiro atoms. The fourth-order valence-electron chi connectivity index (χ4n) is 3.94. The molecule has 4 aromatic carbocycles. The highest BCUT2D eigenvalue weighted by Crippen LogP contribution is 2.39. The summed E-state index contributed by atoms with van der Waals surface area (Å²) in [7, 11) is 0. The lowest BCUT2D eigenvalue weighted by atomic mass is 10.0. The monoisotopic (exact) mass is 480 g/mol. The Morgan fingerprint density at radius 1 is 0.743 bits per heavy atom. The molecule has 0 amide bonds. The number of hydrogen-bond acceptors (Lipinski definition) is 2. The highest BCUT2D eigenvalue weighted by molar-refractivity contribution is 5.95. The SMILES string of the molecule is Fc1ccc(Oc2cccc(-c3c4cccc(C(F)(F)F)c4nn3Cc3ccccc3)c2)cc1F. The lowest BCUT2D eigenvalue weighted by molar-refractivity contribution is -0.136. The summed E-state index contributed by atoms with van der Waals surface area (Å²) >= 11 is 0. The van der Waals surface area contributed by atoms with Gasteiger partial charge in [-0.05, 0) is 35.9 Å². The van der Waals surface area contributed by atoms with Crippen molar-refractivity contribution >= 4 is 10.9 Å². The lowest BCUT2D eigenvalue weighted by Gasteiger charge is -2.11. The number of nitrogens with zero attached hydrogens (tertiary/aromatic N) is 2. The van der Waals surface area contributed by atoms with Crippen LogP contribution in [0.15, 0.2) is 91.0 Å². The maximum Gasteiger partial charge on any atom is 0.418 e. The highest BCUT2D eigenvalue weighted by atomic mass is 19.4. The van der Waals surface area contributed by atoms with Crippen LogP contribution < -0.4 is 4.74 Å². The van der Waals surface area contributed by atoms with Crippen molar-refractivity contribution in [1.82, 2.24) is 9.78 Å². The van der Waals surface area contributed by atoms with Gasteiger partial charge in [-0.1, -0.05) is 54.6 Å². The molecule has 35 heavy (non-hydrogen) atoms. The van der Waals surface area contributed by atoms with E-state index in [1.165, 1.54) is 16.8 Å². The van der Waals surface area contributed by atoms with Crippen LogP contribution in [0.4, 0.5) is 22.0 Å². The average Bonchev–Trinajstić information content (AvgIpc) is 3.19. The first kappa shape index (κ1) is 22.6. The van der Waals surface area contributed by atoms with Crippen molar-refractivity contribution in [2.45, 2.75) is 12.7 Å². The molecule has 0 atom stereocenters. The number of aromatic nitrogens is 2. The first-order valence-electron chi connectivity index (χ1n) is 10.6. The zero-order valence-electron chi connectivity index (χ0n) is 18.1. The molecule has 5 aromatic rings. The highest BCUT2D eigenvalue weighted by Gasteiger charge is 2.34. The maximum atomic E-state index is 13.7. The number of fused-ring (bicyclic) bond motifs is 1. The van der Waals surface area contributed by atoms with Gasteiger partial charge >= 0.3 is 6.18 Å². The molecular formula is C27H17F5N2O. The summed E-state index contributed by atoms with van der Waals surface area (Å²) in [5.74, 6) is -1.66. The molecular weight excluding hydrogens is 463 g/mol. The van der Waals surface area contributed by atoms with Gasteiger partial charge in [-0.25, -0.2) is 8.78 Å². The van der Waals surface area contributed by atoms with E-state index in [2.05, 4.69) is 5.10 Å². The summed E-state index contributed by atoms with van der Waals surface area (Å²) in [6, 6.07) is 23.0. The van der Waals surface area contributed by atoms with E-state index in [9.17, 15) is 22.0 Å². The fourth-order valence-corrected chi connectivity index (χ4v) is 3.94. The molecule has 176 valence electrons. The molecule has 3 nitrogen and oxygen atoms in total. The number of ether oxygens (including phenoxy) is 1. The van der Waals surface area contributed by atoms with Crippen molar-refractivity contribution in [1.29, 1.82) is 0 Å². The molecule has 8 heteroatoms. The Hall–Kier alpha value is -4.20. The average molecular weight is 480 g/mol. The van der Waals surface area contributed by atoms with Crippen molar-refractivity contribution in [2.24, 2.45) is 0 Å². The van der Waals surface area contributed by atoms with Gasteiger partial charge < -0.3 is 4.74 Å². The molecule has 0 radical (unpaired) electrons. The third-order valence-corrected chi connectivity index (χ3v) is 5.48. The minimum absolute atomic E-state index is 0.0862. The predicted octanol–water partition coefficient (Wildman–Crippen LogP) is 7.84. The number of alkyl halides is 3. The van der Waals surface area contributed by atoms with Crippen molar-refractivity contribution in [3.8, 4) is 22.8 Å². The van der Waals surface area contributed by atoms with Crippen LogP contribution in [-0.4, -0.2) is 9.78 Å². The second-order valence-corrected chi connectivity index (χ2v) is 7.90. The van der Waals surface area contributed by atoms with E-state index >= 15 is 0 Å². The molecule has 0 aliphatic heterocycles. The summed E-state index contributed by atoms with van der Waals surface area (Å²) in [6.45, 7) is 0.246. The van der Waals surface area contributed by atoms with Crippen LogP contribution in [0, 0.1) is 11.6 Å². The van der Waals surface area contributed by atoms with E-state index in [0.29, 0.717) is 22.4 Å². The van der Waals surface area contributed by atoms with Crippen molar-refractivity contribution in [3.63, 3.8) is 0 Å². The van der Waals surface area contributed by atoms with Crippen LogP contribution in [-0.2, 0) is 12.7 Å². The maximum absolute atomic E-state index is 13.7. The first-order chi connectivity index (χ1) is 16.8.